The molecule has 1 aliphatic rings. The molecule has 0 atom stereocenters. The number of hydrogen-bond acceptors (Lipinski definition) is 5. The Balaban J connectivity index is 1.12. The molecule has 1 fully saturated rings. The highest BCUT2D eigenvalue weighted by Crippen LogP contribution is 2.21. The number of oxazole rings is 1. The monoisotopic (exact) mass is 469 g/mol. The number of aromatic nitrogens is 1. The lowest BCUT2D eigenvalue weighted by atomic mass is 10.0. The molecule has 2 heterocycles. The van der Waals surface area contributed by atoms with E-state index in [4.69, 9.17) is 4.42 Å². The molecular weight excluding hydrogens is 442 g/mol. The van der Waals surface area contributed by atoms with Crippen LogP contribution in [0.1, 0.15) is 32.7 Å². The van der Waals surface area contributed by atoms with Crippen molar-refractivity contribution in [2.24, 2.45) is 0 Å². The molecular formula is C28H27N3O4. The number of nitrogens with one attached hydrogen (secondary N) is 1. The summed E-state index contributed by atoms with van der Waals surface area (Å²) in [5.74, 6) is -0.486. The Labute approximate surface area is 203 Å². The maximum absolute atomic E-state index is 13.0. The molecule has 0 bridgehead atoms. The number of benzene rings is 3. The SMILES string of the molecule is Cc1ccc(-c2ccc(C(=O)N3CCN(CCC(=O)c4ccc5[nH]c(=O)oc5c4)CC3)cc2)cc1. The summed E-state index contributed by atoms with van der Waals surface area (Å²) in [5.41, 5.74) is 5.64. The summed E-state index contributed by atoms with van der Waals surface area (Å²) < 4.78 is 5.05. The highest BCUT2D eigenvalue weighted by molar-refractivity contribution is 5.98. The number of nitrogens with zero attached hydrogens (tertiary/aromatic N) is 2. The summed E-state index contributed by atoms with van der Waals surface area (Å²) in [6.07, 6.45) is 0.370. The largest absolute Gasteiger partial charge is 0.417 e. The van der Waals surface area contributed by atoms with Gasteiger partial charge >= 0.3 is 5.76 Å². The molecule has 0 saturated carbocycles. The Morgan fingerprint density at radius 3 is 2.17 bits per heavy atom. The lowest BCUT2D eigenvalue weighted by molar-refractivity contribution is 0.0628. The maximum atomic E-state index is 13.0. The number of rotatable bonds is 6. The first-order valence-electron chi connectivity index (χ1n) is 11.8. The second-order valence-corrected chi connectivity index (χ2v) is 8.98. The van der Waals surface area contributed by atoms with Crippen molar-refractivity contribution in [1.82, 2.24) is 14.8 Å². The molecule has 0 aliphatic carbocycles. The lowest BCUT2D eigenvalue weighted by Crippen LogP contribution is -2.49. The first-order chi connectivity index (χ1) is 17.0. The van der Waals surface area contributed by atoms with Crippen LogP contribution in [0.4, 0.5) is 0 Å². The molecule has 0 unspecified atom stereocenters. The number of ketones is 1. The van der Waals surface area contributed by atoms with Gasteiger partial charge in [-0.25, -0.2) is 4.79 Å². The predicted octanol–water partition coefficient (Wildman–Crippen LogP) is 4.13. The van der Waals surface area contributed by atoms with E-state index in [0.29, 0.717) is 48.3 Å². The average Bonchev–Trinajstić information content (AvgIpc) is 3.27. The molecule has 5 rings (SSSR count). The van der Waals surface area contributed by atoms with Gasteiger partial charge in [-0.2, -0.15) is 0 Å². The topological polar surface area (TPSA) is 86.6 Å². The molecule has 7 heteroatoms. The number of amides is 1. The summed E-state index contributed by atoms with van der Waals surface area (Å²) >= 11 is 0. The lowest BCUT2D eigenvalue weighted by Gasteiger charge is -2.34. The van der Waals surface area contributed by atoms with E-state index in [1.807, 2.05) is 29.2 Å². The zero-order valence-corrected chi connectivity index (χ0v) is 19.6. The van der Waals surface area contributed by atoms with Crippen LogP contribution in [0.15, 0.2) is 75.9 Å². The van der Waals surface area contributed by atoms with Crippen LogP contribution in [-0.2, 0) is 0 Å². The van der Waals surface area contributed by atoms with Crippen molar-refractivity contribution in [1.29, 1.82) is 0 Å². The average molecular weight is 470 g/mol. The third-order valence-electron chi connectivity index (χ3n) is 6.57. The number of carbonyl (C=O) groups is 2. The first kappa shape index (κ1) is 22.8. The van der Waals surface area contributed by atoms with Crippen LogP contribution < -0.4 is 5.76 Å². The molecule has 1 amide bonds. The summed E-state index contributed by atoms with van der Waals surface area (Å²) in [7, 11) is 0. The number of carbonyl (C=O) groups excluding carboxylic acids is 2. The highest BCUT2D eigenvalue weighted by Gasteiger charge is 2.22. The number of H-pyrrole nitrogens is 1. The van der Waals surface area contributed by atoms with Crippen LogP contribution in [0.2, 0.25) is 0 Å². The Kier molecular flexibility index (Phi) is 6.33. The van der Waals surface area contributed by atoms with Crippen LogP contribution in [0.5, 0.6) is 0 Å². The Morgan fingerprint density at radius 2 is 1.49 bits per heavy atom. The fourth-order valence-corrected chi connectivity index (χ4v) is 4.43. The molecule has 3 aromatic carbocycles. The third kappa shape index (κ3) is 5.10. The van der Waals surface area contributed by atoms with Crippen LogP contribution in [0.3, 0.4) is 0 Å². The molecule has 35 heavy (non-hydrogen) atoms. The molecule has 1 aromatic heterocycles. The van der Waals surface area contributed by atoms with Crippen LogP contribution in [0, 0.1) is 6.92 Å². The molecule has 0 spiro atoms. The van der Waals surface area contributed by atoms with Crippen molar-refractivity contribution in [2.75, 3.05) is 32.7 Å². The summed E-state index contributed by atoms with van der Waals surface area (Å²) in [5, 5.41) is 0. The van der Waals surface area contributed by atoms with E-state index >= 15 is 0 Å². The Morgan fingerprint density at radius 1 is 0.857 bits per heavy atom. The number of aromatic amines is 1. The molecule has 178 valence electrons. The van der Waals surface area contributed by atoms with E-state index in [2.05, 4.69) is 41.1 Å². The number of aryl methyl sites for hydroxylation is 1. The normalized spacial score (nSPS) is 14.4. The Bertz CT molecular complexity index is 1410. The van der Waals surface area contributed by atoms with Gasteiger partial charge in [-0.15, -0.1) is 0 Å². The second kappa shape index (κ2) is 9.72. The van der Waals surface area contributed by atoms with Crippen molar-refractivity contribution in [3.63, 3.8) is 0 Å². The quantitative estimate of drug-likeness (QED) is 0.429. The highest BCUT2D eigenvalue weighted by atomic mass is 16.4. The van der Waals surface area contributed by atoms with E-state index in [1.54, 1.807) is 18.2 Å². The van der Waals surface area contributed by atoms with Gasteiger partial charge in [0, 0.05) is 50.3 Å². The van der Waals surface area contributed by atoms with Crippen LogP contribution in [0.25, 0.3) is 22.2 Å². The number of piperazine rings is 1. The molecule has 7 nitrogen and oxygen atoms in total. The minimum Gasteiger partial charge on any atom is -0.408 e. The van der Waals surface area contributed by atoms with E-state index in [9.17, 15) is 14.4 Å². The standard InChI is InChI=1S/C28H27N3O4/c1-19-2-4-20(5-3-19)21-6-8-22(9-7-21)27(33)31-16-14-30(15-17-31)13-12-25(32)23-10-11-24-26(18-23)35-28(34)29-24/h2-11,18H,12-17H2,1H3,(H,29,34). The van der Waals surface area contributed by atoms with E-state index in [-0.39, 0.29) is 11.7 Å². The van der Waals surface area contributed by atoms with Crippen molar-refractivity contribution in [3.8, 4) is 11.1 Å². The summed E-state index contributed by atoms with van der Waals surface area (Å²) in [4.78, 5) is 43.6. The van der Waals surface area contributed by atoms with Gasteiger partial charge < -0.3 is 9.32 Å². The van der Waals surface area contributed by atoms with Crippen LogP contribution in [-0.4, -0.2) is 59.2 Å². The second-order valence-electron chi connectivity index (χ2n) is 8.98. The van der Waals surface area contributed by atoms with Gasteiger partial charge in [-0.3, -0.25) is 19.5 Å². The minimum absolute atomic E-state index is 0.00270. The smallest absolute Gasteiger partial charge is 0.408 e. The van der Waals surface area contributed by atoms with Gasteiger partial charge in [0.2, 0.25) is 0 Å². The number of Topliss-reactive ketones (excluding diaryl/α,β-unsaturated/α-hetero) is 1. The van der Waals surface area contributed by atoms with Crippen molar-refractivity contribution in [2.45, 2.75) is 13.3 Å². The molecule has 1 saturated heterocycles. The fraction of sp³-hybridized carbons (Fsp3) is 0.250. The number of fused-ring (bicyclic) bond motifs is 1. The summed E-state index contributed by atoms with van der Waals surface area (Å²) in [6, 6.07) is 21.1. The van der Waals surface area contributed by atoms with Gasteiger partial charge in [0.1, 0.15) is 0 Å². The fourth-order valence-electron chi connectivity index (χ4n) is 4.43. The molecule has 4 aromatic rings. The van der Waals surface area contributed by atoms with Gasteiger partial charge in [0.25, 0.3) is 5.91 Å². The molecule has 1 aliphatic heterocycles. The van der Waals surface area contributed by atoms with Gasteiger partial charge in [-0.05, 0) is 48.4 Å². The number of hydrogen-bond donors (Lipinski definition) is 1. The Hall–Kier alpha value is -3.97. The molecule has 0 radical (unpaired) electrons. The van der Waals surface area contributed by atoms with E-state index in [1.165, 1.54) is 5.56 Å². The van der Waals surface area contributed by atoms with Crippen LogP contribution >= 0.6 is 0 Å². The van der Waals surface area contributed by atoms with Crippen molar-refractivity contribution in [3.05, 3.63) is 94.0 Å². The predicted molar refractivity (Wildman–Crippen MR) is 135 cm³/mol. The van der Waals surface area contributed by atoms with Gasteiger partial charge in [0.05, 0.1) is 5.52 Å². The molecule has 1 N–H and O–H groups in total. The first-order valence-corrected chi connectivity index (χ1v) is 11.8. The van der Waals surface area contributed by atoms with Crippen molar-refractivity contribution < 1.29 is 14.0 Å². The van der Waals surface area contributed by atoms with Gasteiger partial charge in [-0.1, -0.05) is 42.0 Å². The summed E-state index contributed by atoms with van der Waals surface area (Å²) in [6.45, 7) is 5.41. The van der Waals surface area contributed by atoms with E-state index < -0.39 is 5.76 Å². The van der Waals surface area contributed by atoms with E-state index in [0.717, 1.165) is 24.2 Å². The zero-order valence-electron chi connectivity index (χ0n) is 19.6. The minimum atomic E-state index is -0.528. The zero-order chi connectivity index (χ0) is 24.4. The van der Waals surface area contributed by atoms with Crippen molar-refractivity contribution >= 4 is 22.8 Å². The van der Waals surface area contributed by atoms with Gasteiger partial charge in [0.15, 0.2) is 11.4 Å². The third-order valence-corrected chi connectivity index (χ3v) is 6.57. The maximum Gasteiger partial charge on any atom is 0.417 e.